The lowest BCUT2D eigenvalue weighted by atomic mass is 9.75. The van der Waals surface area contributed by atoms with Crippen LogP contribution < -0.4 is 4.43 Å². The first-order chi connectivity index (χ1) is 13.7. The monoisotopic (exact) mass is 417 g/mol. The molecule has 4 heteroatoms. The molecule has 2 atom stereocenters. The van der Waals surface area contributed by atoms with E-state index in [2.05, 4.69) is 59.4 Å². The Hall–Kier alpha value is -1.00. The molecule has 0 unspecified atom stereocenters. The molecule has 164 valence electrons. The van der Waals surface area contributed by atoms with Crippen molar-refractivity contribution in [3.63, 3.8) is 0 Å². The summed E-state index contributed by atoms with van der Waals surface area (Å²) in [4.78, 5) is 2.72. The Morgan fingerprint density at radius 3 is 2.31 bits per heavy atom. The van der Waals surface area contributed by atoms with Crippen LogP contribution >= 0.6 is 0 Å². The van der Waals surface area contributed by atoms with Crippen LogP contribution in [0.2, 0.25) is 16.6 Å². The van der Waals surface area contributed by atoms with Crippen molar-refractivity contribution in [1.82, 2.24) is 4.90 Å². The Bertz CT molecular complexity index is 677. The maximum Gasteiger partial charge on any atom is 0.258 e. The first-order valence-corrected chi connectivity index (χ1v) is 14.1. The first-order valence-electron chi connectivity index (χ1n) is 12.0. The van der Waals surface area contributed by atoms with Crippen LogP contribution in [0.15, 0.2) is 12.1 Å². The lowest BCUT2D eigenvalue weighted by Crippen LogP contribution is -2.51. The molecular formula is C25H43NO2Si. The number of nitrogens with zero attached hydrogens (tertiary/aromatic N) is 1. The summed E-state index contributed by atoms with van der Waals surface area (Å²) in [6.07, 6.45) is 6.00. The minimum atomic E-state index is -2.10. The van der Waals surface area contributed by atoms with Gasteiger partial charge in [0.1, 0.15) is 5.75 Å². The van der Waals surface area contributed by atoms with Gasteiger partial charge >= 0.3 is 0 Å². The van der Waals surface area contributed by atoms with Crippen molar-refractivity contribution < 1.29 is 9.53 Å². The topological polar surface area (TPSA) is 32.7 Å². The summed E-state index contributed by atoms with van der Waals surface area (Å²) >= 11 is 0. The van der Waals surface area contributed by atoms with Crippen molar-refractivity contribution in [3.8, 4) is 11.5 Å². The number of benzene rings is 1. The highest BCUT2D eigenvalue weighted by atomic mass is 28.4. The van der Waals surface area contributed by atoms with Gasteiger partial charge in [0.25, 0.3) is 8.32 Å². The summed E-state index contributed by atoms with van der Waals surface area (Å²) in [5, 5.41) is 10.9. The Morgan fingerprint density at radius 1 is 1.07 bits per heavy atom. The van der Waals surface area contributed by atoms with E-state index in [0.717, 1.165) is 18.6 Å². The molecule has 1 aromatic carbocycles. The van der Waals surface area contributed by atoms with Crippen molar-refractivity contribution >= 4 is 8.32 Å². The molecule has 0 radical (unpaired) electrons. The van der Waals surface area contributed by atoms with E-state index >= 15 is 0 Å². The van der Waals surface area contributed by atoms with Gasteiger partial charge in [-0.05, 0) is 79.4 Å². The van der Waals surface area contributed by atoms with Crippen molar-refractivity contribution in [2.24, 2.45) is 5.92 Å². The van der Waals surface area contributed by atoms with E-state index in [-0.39, 0.29) is 0 Å². The van der Waals surface area contributed by atoms with Gasteiger partial charge < -0.3 is 9.53 Å². The molecule has 3 nitrogen and oxygen atoms in total. The summed E-state index contributed by atoms with van der Waals surface area (Å²) in [7, 11) is -2.10. The number of phenols is 1. The Balaban J connectivity index is 2.00. The standard InChI is InChI=1S/C25H43NO2Si/c1-8-13-26-14-9-10-21-15-22-20(16-23(21)26)11-12-24(27)25(22)28-29(17(2)3,18(4)5)19(6)7/h11-12,17-19,21,23,27H,8-10,13-16H2,1-7H3/t21-,23-/m1/s1. The molecule has 29 heavy (non-hydrogen) atoms. The normalized spacial score (nSPS) is 22.8. The minimum absolute atomic E-state index is 0.349. The third-order valence-corrected chi connectivity index (χ3v) is 13.7. The number of hydrogen-bond donors (Lipinski definition) is 1. The summed E-state index contributed by atoms with van der Waals surface area (Å²) in [6, 6.07) is 4.72. The van der Waals surface area contributed by atoms with Crippen LogP contribution in [0.25, 0.3) is 0 Å². The van der Waals surface area contributed by atoms with Crippen molar-refractivity contribution in [1.29, 1.82) is 0 Å². The Morgan fingerprint density at radius 2 is 1.72 bits per heavy atom. The van der Waals surface area contributed by atoms with E-state index in [1.165, 1.54) is 43.5 Å². The molecule has 1 N–H and O–H groups in total. The lowest BCUT2D eigenvalue weighted by molar-refractivity contribution is 0.0850. The molecule has 1 aliphatic heterocycles. The predicted octanol–water partition coefficient (Wildman–Crippen LogP) is 6.54. The summed E-state index contributed by atoms with van der Waals surface area (Å²) in [5.41, 5.74) is 4.22. The van der Waals surface area contributed by atoms with Gasteiger partial charge in [-0.3, -0.25) is 4.90 Å². The van der Waals surface area contributed by atoms with Crippen LogP contribution in [0.4, 0.5) is 0 Å². The molecule has 0 amide bonds. The third-order valence-electron chi connectivity index (χ3n) is 7.76. The van der Waals surface area contributed by atoms with E-state index < -0.39 is 8.32 Å². The van der Waals surface area contributed by atoms with Crippen LogP contribution in [0, 0.1) is 5.92 Å². The van der Waals surface area contributed by atoms with Gasteiger partial charge in [-0.25, -0.2) is 0 Å². The average Bonchev–Trinajstić information content (AvgIpc) is 2.65. The van der Waals surface area contributed by atoms with Crippen LogP contribution in [-0.4, -0.2) is 37.5 Å². The number of piperidine rings is 1. The fourth-order valence-corrected chi connectivity index (χ4v) is 11.8. The molecule has 1 aliphatic carbocycles. The molecule has 1 saturated heterocycles. The number of hydrogen-bond acceptors (Lipinski definition) is 3. The maximum atomic E-state index is 10.9. The van der Waals surface area contributed by atoms with Gasteiger partial charge in [0.05, 0.1) is 0 Å². The number of aromatic hydroxyl groups is 1. The van der Waals surface area contributed by atoms with Gasteiger partial charge in [0, 0.05) is 11.6 Å². The zero-order valence-electron chi connectivity index (χ0n) is 19.8. The highest BCUT2D eigenvalue weighted by molar-refractivity contribution is 6.78. The highest BCUT2D eigenvalue weighted by Crippen LogP contribution is 2.48. The molecule has 1 heterocycles. The highest BCUT2D eigenvalue weighted by Gasteiger charge is 2.48. The zero-order chi connectivity index (χ0) is 21.3. The second kappa shape index (κ2) is 9.01. The van der Waals surface area contributed by atoms with Crippen LogP contribution in [0.5, 0.6) is 11.5 Å². The molecule has 3 rings (SSSR count). The third kappa shape index (κ3) is 4.12. The second-order valence-corrected chi connectivity index (χ2v) is 15.8. The molecule has 0 spiro atoms. The SMILES string of the molecule is CCCN1CCC[C@@H]2Cc3c(ccc(O)c3O[Si](C(C)C)(C(C)C)C(C)C)C[C@H]21. The van der Waals surface area contributed by atoms with Crippen LogP contribution in [0.1, 0.15) is 78.9 Å². The van der Waals surface area contributed by atoms with Crippen molar-refractivity contribution in [2.45, 2.75) is 103 Å². The van der Waals surface area contributed by atoms with E-state index in [1.807, 2.05) is 6.07 Å². The molecule has 2 aliphatic rings. The average molecular weight is 418 g/mol. The first kappa shape index (κ1) is 22.7. The number of rotatable bonds is 7. The second-order valence-electron chi connectivity index (χ2n) is 10.4. The Kier molecular flexibility index (Phi) is 7.05. The van der Waals surface area contributed by atoms with E-state index in [9.17, 15) is 5.11 Å². The van der Waals surface area contributed by atoms with E-state index in [0.29, 0.717) is 34.3 Å². The lowest BCUT2D eigenvalue weighted by Gasteiger charge is -2.46. The molecule has 0 saturated carbocycles. The summed E-state index contributed by atoms with van der Waals surface area (Å²) in [5.74, 6) is 1.87. The molecule has 0 aromatic heterocycles. The van der Waals surface area contributed by atoms with Crippen molar-refractivity contribution in [2.75, 3.05) is 13.1 Å². The molecular weight excluding hydrogens is 374 g/mol. The van der Waals surface area contributed by atoms with Crippen molar-refractivity contribution in [3.05, 3.63) is 23.3 Å². The maximum absolute atomic E-state index is 10.9. The smallest absolute Gasteiger partial charge is 0.258 e. The minimum Gasteiger partial charge on any atom is -0.540 e. The summed E-state index contributed by atoms with van der Waals surface area (Å²) in [6.45, 7) is 18.7. The number of fused-ring (bicyclic) bond motifs is 2. The van der Waals surface area contributed by atoms with Gasteiger partial charge in [-0.15, -0.1) is 0 Å². The fourth-order valence-electron chi connectivity index (χ4n) is 6.51. The van der Waals surface area contributed by atoms with Gasteiger partial charge in [0.15, 0.2) is 5.75 Å². The van der Waals surface area contributed by atoms with E-state index in [1.54, 1.807) is 0 Å². The molecule has 0 bridgehead atoms. The van der Waals surface area contributed by atoms with Gasteiger partial charge in [0.2, 0.25) is 0 Å². The zero-order valence-corrected chi connectivity index (χ0v) is 20.8. The fraction of sp³-hybridized carbons (Fsp3) is 0.760. The quantitative estimate of drug-likeness (QED) is 0.512. The molecule has 1 fully saturated rings. The summed E-state index contributed by atoms with van der Waals surface area (Å²) < 4.78 is 7.04. The van der Waals surface area contributed by atoms with Gasteiger partial charge in [-0.2, -0.15) is 0 Å². The van der Waals surface area contributed by atoms with Gasteiger partial charge in [-0.1, -0.05) is 54.5 Å². The Labute approximate surface area is 180 Å². The number of likely N-dealkylation sites (tertiary alicyclic amines) is 1. The van der Waals surface area contributed by atoms with E-state index in [4.69, 9.17) is 4.43 Å². The van der Waals surface area contributed by atoms with Crippen LogP contribution in [0.3, 0.4) is 0 Å². The number of phenolic OH excluding ortho intramolecular Hbond substituents is 1. The largest absolute Gasteiger partial charge is 0.540 e. The molecule has 1 aromatic rings. The predicted molar refractivity (Wildman–Crippen MR) is 126 cm³/mol. The van der Waals surface area contributed by atoms with Crippen LogP contribution in [-0.2, 0) is 12.8 Å².